The zero-order chi connectivity index (χ0) is 7.84. The first-order valence-corrected chi connectivity index (χ1v) is 3.70. The zero-order valence-electron chi connectivity index (χ0n) is 6.00. The van der Waals surface area contributed by atoms with Crippen molar-refractivity contribution >= 4 is 0 Å². The molecule has 1 N–H and O–H groups in total. The van der Waals surface area contributed by atoms with Crippen molar-refractivity contribution in [2.75, 3.05) is 0 Å². The molecule has 0 amide bonds. The second-order valence-electron chi connectivity index (χ2n) is 2.95. The summed E-state index contributed by atoms with van der Waals surface area (Å²) >= 11 is 0. The quantitative estimate of drug-likeness (QED) is 0.654. The summed E-state index contributed by atoms with van der Waals surface area (Å²) in [5.74, 6) is 0.267. The fourth-order valence-corrected chi connectivity index (χ4v) is 1.26. The average Bonchev–Trinajstić information content (AvgIpc) is 2.67. The lowest BCUT2D eigenvalue weighted by Crippen LogP contribution is -1.80. The molecule has 1 aliphatic rings. The van der Waals surface area contributed by atoms with E-state index in [1.54, 1.807) is 18.2 Å². The van der Waals surface area contributed by atoms with Crippen molar-refractivity contribution in [3.63, 3.8) is 0 Å². The zero-order valence-corrected chi connectivity index (χ0v) is 6.00. The fraction of sp³-hybridized carbons (Fsp3) is 0.333. The van der Waals surface area contributed by atoms with Gasteiger partial charge in [-0.25, -0.2) is 4.39 Å². The lowest BCUT2D eigenvalue weighted by Gasteiger charge is -1.96. The third kappa shape index (κ3) is 1.20. The van der Waals surface area contributed by atoms with Gasteiger partial charge in [-0.2, -0.15) is 0 Å². The molecule has 1 fully saturated rings. The highest BCUT2D eigenvalue weighted by atomic mass is 19.1. The fourth-order valence-electron chi connectivity index (χ4n) is 1.26. The molecule has 0 aliphatic heterocycles. The summed E-state index contributed by atoms with van der Waals surface area (Å²) in [5.41, 5.74) is 0.914. The van der Waals surface area contributed by atoms with Gasteiger partial charge in [0.05, 0.1) is 0 Å². The minimum Gasteiger partial charge on any atom is -0.508 e. The lowest BCUT2D eigenvalue weighted by atomic mass is 10.1. The first-order chi connectivity index (χ1) is 5.27. The van der Waals surface area contributed by atoms with Crippen molar-refractivity contribution in [1.82, 2.24) is 0 Å². The van der Waals surface area contributed by atoms with Gasteiger partial charge in [-0.1, -0.05) is 12.1 Å². The van der Waals surface area contributed by atoms with E-state index in [9.17, 15) is 4.39 Å². The van der Waals surface area contributed by atoms with Gasteiger partial charge in [0.2, 0.25) is 0 Å². The van der Waals surface area contributed by atoms with Gasteiger partial charge >= 0.3 is 0 Å². The van der Waals surface area contributed by atoms with Crippen LogP contribution in [0.2, 0.25) is 0 Å². The largest absolute Gasteiger partial charge is 0.508 e. The van der Waals surface area contributed by atoms with Crippen molar-refractivity contribution in [3.05, 3.63) is 29.8 Å². The van der Waals surface area contributed by atoms with E-state index in [-0.39, 0.29) is 11.7 Å². The molecule has 0 saturated heterocycles. The predicted octanol–water partition coefficient (Wildman–Crippen LogP) is 2.22. The highest BCUT2D eigenvalue weighted by Gasteiger charge is 2.38. The number of benzene rings is 1. The molecule has 1 aliphatic carbocycles. The summed E-state index contributed by atoms with van der Waals surface area (Å²) in [6.45, 7) is 0. The van der Waals surface area contributed by atoms with Gasteiger partial charge < -0.3 is 5.11 Å². The standard InChI is InChI=1S/C9H9FO/c10-9-5-8(9)6-2-1-3-7(11)4-6/h1-4,8-9,11H,5H2/t8-,9+/m0/s1. The van der Waals surface area contributed by atoms with Crippen LogP contribution >= 0.6 is 0 Å². The Balaban J connectivity index is 2.25. The van der Waals surface area contributed by atoms with Gasteiger partial charge in [-0.15, -0.1) is 0 Å². The third-order valence-corrected chi connectivity index (χ3v) is 2.01. The molecule has 0 bridgehead atoms. The third-order valence-electron chi connectivity index (χ3n) is 2.01. The predicted molar refractivity (Wildman–Crippen MR) is 40.4 cm³/mol. The summed E-state index contributed by atoms with van der Waals surface area (Å²) in [6, 6.07) is 6.82. The summed E-state index contributed by atoms with van der Waals surface area (Å²) < 4.78 is 12.5. The van der Waals surface area contributed by atoms with Crippen molar-refractivity contribution < 1.29 is 9.50 Å². The number of hydrogen-bond acceptors (Lipinski definition) is 1. The molecule has 0 unspecified atom stereocenters. The Hall–Kier alpha value is -1.05. The Bertz CT molecular complexity index is 272. The van der Waals surface area contributed by atoms with E-state index < -0.39 is 6.17 Å². The SMILES string of the molecule is Oc1cccc([C@@H]2C[C@H]2F)c1. The Morgan fingerprint density at radius 3 is 2.73 bits per heavy atom. The summed E-state index contributed by atoms with van der Waals surface area (Å²) in [6.07, 6.45) is -0.0690. The molecule has 0 aromatic heterocycles. The Morgan fingerprint density at radius 2 is 2.18 bits per heavy atom. The van der Waals surface area contributed by atoms with Gasteiger partial charge in [0, 0.05) is 5.92 Å². The second-order valence-corrected chi connectivity index (χ2v) is 2.95. The van der Waals surface area contributed by atoms with Gasteiger partial charge in [0.15, 0.2) is 0 Å². The number of phenolic OH excluding ortho intramolecular Hbond substituents is 1. The van der Waals surface area contributed by atoms with Crippen LogP contribution in [0.25, 0.3) is 0 Å². The molecule has 1 aromatic rings. The Labute approximate surface area is 64.5 Å². The number of phenols is 1. The molecular weight excluding hydrogens is 143 g/mol. The van der Waals surface area contributed by atoms with Crippen LogP contribution in [0, 0.1) is 0 Å². The number of halogens is 1. The van der Waals surface area contributed by atoms with E-state index in [1.165, 1.54) is 0 Å². The van der Waals surface area contributed by atoms with Gasteiger partial charge in [0.25, 0.3) is 0 Å². The molecule has 2 atom stereocenters. The van der Waals surface area contributed by atoms with E-state index in [0.29, 0.717) is 6.42 Å². The average molecular weight is 152 g/mol. The van der Waals surface area contributed by atoms with Crippen LogP contribution in [-0.2, 0) is 0 Å². The molecule has 11 heavy (non-hydrogen) atoms. The number of rotatable bonds is 1. The lowest BCUT2D eigenvalue weighted by molar-refractivity contribution is 0.464. The minimum atomic E-state index is -0.684. The molecule has 0 heterocycles. The molecule has 1 saturated carbocycles. The number of hydrogen-bond donors (Lipinski definition) is 1. The van der Waals surface area contributed by atoms with Crippen molar-refractivity contribution in [1.29, 1.82) is 0 Å². The molecule has 1 nitrogen and oxygen atoms in total. The van der Waals surface area contributed by atoms with Gasteiger partial charge in [-0.3, -0.25) is 0 Å². The van der Waals surface area contributed by atoms with E-state index in [2.05, 4.69) is 0 Å². The number of alkyl halides is 1. The first kappa shape index (κ1) is 6.65. The summed E-state index contributed by atoms with van der Waals surface area (Å²) in [7, 11) is 0. The number of aromatic hydroxyl groups is 1. The highest BCUT2D eigenvalue weighted by molar-refractivity contribution is 5.33. The van der Waals surface area contributed by atoms with Crippen molar-refractivity contribution in [3.8, 4) is 5.75 Å². The summed E-state index contributed by atoms with van der Waals surface area (Å²) in [5, 5.41) is 9.05. The minimum absolute atomic E-state index is 0.0436. The highest BCUT2D eigenvalue weighted by Crippen LogP contribution is 2.43. The topological polar surface area (TPSA) is 20.2 Å². The monoisotopic (exact) mass is 152 g/mol. The molecule has 0 spiro atoms. The van der Waals surface area contributed by atoms with E-state index in [0.717, 1.165) is 5.56 Å². The maximum Gasteiger partial charge on any atom is 0.115 e. The van der Waals surface area contributed by atoms with Crippen LogP contribution in [0.4, 0.5) is 4.39 Å². The molecular formula is C9H9FO. The molecule has 2 rings (SSSR count). The van der Waals surface area contributed by atoms with Gasteiger partial charge in [0.1, 0.15) is 11.9 Å². The molecule has 2 heteroatoms. The van der Waals surface area contributed by atoms with Crippen LogP contribution in [0.15, 0.2) is 24.3 Å². The maximum absolute atomic E-state index is 12.5. The van der Waals surface area contributed by atoms with E-state index in [4.69, 9.17) is 5.11 Å². The maximum atomic E-state index is 12.5. The smallest absolute Gasteiger partial charge is 0.115 e. The van der Waals surface area contributed by atoms with Crippen LogP contribution in [0.5, 0.6) is 5.75 Å². The van der Waals surface area contributed by atoms with Crippen molar-refractivity contribution in [2.45, 2.75) is 18.5 Å². The first-order valence-electron chi connectivity index (χ1n) is 3.70. The van der Waals surface area contributed by atoms with E-state index in [1.807, 2.05) is 6.07 Å². The normalized spacial score (nSPS) is 28.5. The Morgan fingerprint density at radius 1 is 1.45 bits per heavy atom. The summed E-state index contributed by atoms with van der Waals surface area (Å²) in [4.78, 5) is 0. The second kappa shape index (κ2) is 2.22. The Kier molecular flexibility index (Phi) is 1.34. The van der Waals surface area contributed by atoms with Crippen LogP contribution in [0.3, 0.4) is 0 Å². The molecule has 58 valence electrons. The van der Waals surface area contributed by atoms with Gasteiger partial charge in [-0.05, 0) is 24.1 Å². The molecule has 0 radical (unpaired) electrons. The molecule has 1 aromatic carbocycles. The van der Waals surface area contributed by atoms with Crippen LogP contribution < -0.4 is 0 Å². The van der Waals surface area contributed by atoms with Crippen LogP contribution in [0.1, 0.15) is 17.9 Å². The van der Waals surface area contributed by atoms with Crippen molar-refractivity contribution in [2.24, 2.45) is 0 Å². The van der Waals surface area contributed by atoms with E-state index >= 15 is 0 Å². The van der Waals surface area contributed by atoms with Crippen LogP contribution in [-0.4, -0.2) is 11.3 Å².